The monoisotopic (exact) mass is 295 g/mol. The molecule has 0 aromatic rings. The van der Waals surface area contributed by atoms with Crippen LogP contribution >= 0.6 is 0 Å². The van der Waals surface area contributed by atoms with Crippen molar-refractivity contribution in [2.45, 2.75) is 115 Å². The van der Waals surface area contributed by atoms with E-state index in [9.17, 15) is 5.11 Å². The van der Waals surface area contributed by atoms with Gasteiger partial charge in [-0.15, -0.1) is 0 Å². The number of rotatable bonds is 7. The van der Waals surface area contributed by atoms with Gasteiger partial charge in [-0.1, -0.05) is 52.4 Å². The summed E-state index contributed by atoms with van der Waals surface area (Å²) in [6, 6.07) is 0.708. The Hall–Kier alpha value is -0.0800. The molecule has 1 aliphatic carbocycles. The standard InChI is InChI=1S/C19H37NO/c1-3-5-7-10-16-11-8-14-19(20-16)15-9-13-18(21)17(19)12-6-4-2/h16-18,20-21H,3-15H2,1-2H3/t16-,17+,18-,19-/m0/s1. The van der Waals surface area contributed by atoms with E-state index in [0.717, 1.165) is 6.42 Å². The van der Waals surface area contributed by atoms with Gasteiger partial charge in [0.25, 0.3) is 0 Å². The summed E-state index contributed by atoms with van der Waals surface area (Å²) in [5.41, 5.74) is 0.266. The Balaban J connectivity index is 1.98. The Bertz CT molecular complexity index is 289. The van der Waals surface area contributed by atoms with Crippen LogP contribution in [0, 0.1) is 5.92 Å². The molecule has 2 fully saturated rings. The summed E-state index contributed by atoms with van der Waals surface area (Å²) >= 11 is 0. The molecule has 2 heteroatoms. The zero-order chi connectivity index (χ0) is 15.1. The molecule has 1 aliphatic heterocycles. The minimum Gasteiger partial charge on any atom is -0.393 e. The van der Waals surface area contributed by atoms with Crippen molar-refractivity contribution in [2.24, 2.45) is 5.92 Å². The van der Waals surface area contributed by atoms with E-state index in [2.05, 4.69) is 19.2 Å². The lowest BCUT2D eigenvalue weighted by Crippen LogP contribution is -2.62. The van der Waals surface area contributed by atoms with Crippen molar-refractivity contribution in [1.29, 1.82) is 0 Å². The van der Waals surface area contributed by atoms with Crippen LogP contribution in [0.5, 0.6) is 0 Å². The van der Waals surface area contributed by atoms with Gasteiger partial charge in [0.05, 0.1) is 6.10 Å². The highest BCUT2D eigenvalue weighted by Crippen LogP contribution is 2.43. The van der Waals surface area contributed by atoms with Gasteiger partial charge >= 0.3 is 0 Å². The molecule has 0 bridgehead atoms. The number of hydrogen-bond donors (Lipinski definition) is 2. The Morgan fingerprint density at radius 3 is 2.38 bits per heavy atom. The molecule has 2 aliphatic rings. The predicted molar refractivity (Wildman–Crippen MR) is 90.5 cm³/mol. The molecular formula is C19H37NO. The van der Waals surface area contributed by atoms with Crippen LogP contribution in [0.4, 0.5) is 0 Å². The number of aliphatic hydroxyl groups is 1. The molecule has 1 spiro atoms. The number of hydrogen-bond acceptors (Lipinski definition) is 2. The highest BCUT2D eigenvalue weighted by molar-refractivity contribution is 5.04. The lowest BCUT2D eigenvalue weighted by molar-refractivity contribution is -0.0257. The van der Waals surface area contributed by atoms with Gasteiger partial charge in [0.15, 0.2) is 0 Å². The fourth-order valence-corrected chi connectivity index (χ4v) is 4.84. The van der Waals surface area contributed by atoms with E-state index < -0.39 is 0 Å². The summed E-state index contributed by atoms with van der Waals surface area (Å²) in [6.45, 7) is 4.55. The third-order valence-corrected chi connectivity index (χ3v) is 5.99. The number of aliphatic hydroxyl groups excluding tert-OH is 1. The largest absolute Gasteiger partial charge is 0.393 e. The average molecular weight is 296 g/mol. The van der Waals surface area contributed by atoms with Crippen LogP contribution in [0.15, 0.2) is 0 Å². The van der Waals surface area contributed by atoms with E-state index in [-0.39, 0.29) is 11.6 Å². The molecule has 2 rings (SSSR count). The molecule has 1 heterocycles. The van der Waals surface area contributed by atoms with Gasteiger partial charge in [0, 0.05) is 17.5 Å². The molecular weight excluding hydrogens is 258 g/mol. The van der Waals surface area contributed by atoms with Crippen LogP contribution in [0.1, 0.15) is 97.3 Å². The topological polar surface area (TPSA) is 32.3 Å². The van der Waals surface area contributed by atoms with Gasteiger partial charge in [-0.3, -0.25) is 0 Å². The van der Waals surface area contributed by atoms with Crippen LogP contribution in [0.25, 0.3) is 0 Å². The summed E-state index contributed by atoms with van der Waals surface area (Å²) in [5, 5.41) is 14.6. The van der Waals surface area contributed by atoms with Gasteiger partial charge in [-0.05, 0) is 44.9 Å². The maximum absolute atomic E-state index is 10.6. The first-order valence-corrected chi connectivity index (χ1v) is 9.67. The molecule has 1 saturated heterocycles. The van der Waals surface area contributed by atoms with Crippen molar-refractivity contribution in [1.82, 2.24) is 5.32 Å². The van der Waals surface area contributed by atoms with Gasteiger partial charge in [0.1, 0.15) is 0 Å². The minimum absolute atomic E-state index is 0.0628. The van der Waals surface area contributed by atoms with Crippen LogP contribution in [0.3, 0.4) is 0 Å². The van der Waals surface area contributed by atoms with E-state index in [1.165, 1.54) is 77.0 Å². The third-order valence-electron chi connectivity index (χ3n) is 5.99. The Morgan fingerprint density at radius 1 is 0.952 bits per heavy atom. The summed E-state index contributed by atoms with van der Waals surface area (Å²) in [7, 11) is 0. The predicted octanol–water partition coefficient (Wildman–Crippen LogP) is 4.80. The first-order chi connectivity index (χ1) is 10.2. The molecule has 0 amide bonds. The molecule has 0 unspecified atom stereocenters. The molecule has 2 N–H and O–H groups in total. The zero-order valence-corrected chi connectivity index (χ0v) is 14.4. The molecule has 2 nitrogen and oxygen atoms in total. The summed E-state index contributed by atoms with van der Waals surface area (Å²) in [4.78, 5) is 0. The Morgan fingerprint density at radius 2 is 1.67 bits per heavy atom. The molecule has 124 valence electrons. The first-order valence-electron chi connectivity index (χ1n) is 9.67. The Labute approximate surface area is 132 Å². The molecule has 0 radical (unpaired) electrons. The SMILES string of the molecule is CCCCC[C@H]1CCC[C@@]2(CCC[C@H](O)[C@H]2CCCC)N1. The quantitative estimate of drug-likeness (QED) is 0.661. The molecule has 4 atom stereocenters. The zero-order valence-electron chi connectivity index (χ0n) is 14.4. The maximum Gasteiger partial charge on any atom is 0.0586 e. The Kier molecular flexibility index (Phi) is 7.01. The normalized spacial score (nSPS) is 37.0. The van der Waals surface area contributed by atoms with Crippen LogP contribution in [-0.2, 0) is 0 Å². The van der Waals surface area contributed by atoms with E-state index >= 15 is 0 Å². The van der Waals surface area contributed by atoms with Crippen LogP contribution in [-0.4, -0.2) is 22.8 Å². The molecule has 1 saturated carbocycles. The fourth-order valence-electron chi connectivity index (χ4n) is 4.84. The summed E-state index contributed by atoms with van der Waals surface area (Å²) in [6.07, 6.45) is 16.6. The van der Waals surface area contributed by atoms with E-state index in [1.807, 2.05) is 0 Å². The average Bonchev–Trinajstić information content (AvgIpc) is 2.47. The molecule has 0 aromatic heterocycles. The van der Waals surface area contributed by atoms with Crippen molar-refractivity contribution in [3.8, 4) is 0 Å². The van der Waals surface area contributed by atoms with Gasteiger partial charge in [0.2, 0.25) is 0 Å². The minimum atomic E-state index is -0.0628. The van der Waals surface area contributed by atoms with E-state index in [4.69, 9.17) is 0 Å². The maximum atomic E-state index is 10.6. The van der Waals surface area contributed by atoms with Crippen molar-refractivity contribution < 1.29 is 5.11 Å². The second kappa shape index (κ2) is 8.53. The van der Waals surface area contributed by atoms with Crippen molar-refractivity contribution >= 4 is 0 Å². The third kappa shape index (κ3) is 4.45. The highest BCUT2D eigenvalue weighted by atomic mass is 16.3. The summed E-state index contributed by atoms with van der Waals surface area (Å²) < 4.78 is 0. The second-order valence-electron chi connectivity index (χ2n) is 7.59. The van der Waals surface area contributed by atoms with Crippen LogP contribution in [0.2, 0.25) is 0 Å². The number of nitrogens with one attached hydrogen (secondary N) is 1. The second-order valence-corrected chi connectivity index (χ2v) is 7.59. The van der Waals surface area contributed by atoms with E-state index in [1.54, 1.807) is 0 Å². The highest BCUT2D eigenvalue weighted by Gasteiger charge is 2.46. The molecule has 21 heavy (non-hydrogen) atoms. The first kappa shape index (κ1) is 17.3. The van der Waals surface area contributed by atoms with Crippen molar-refractivity contribution in [3.05, 3.63) is 0 Å². The lowest BCUT2D eigenvalue weighted by atomic mass is 9.64. The van der Waals surface area contributed by atoms with Crippen LogP contribution < -0.4 is 5.32 Å². The smallest absolute Gasteiger partial charge is 0.0586 e. The number of unbranched alkanes of at least 4 members (excludes halogenated alkanes) is 3. The summed E-state index contributed by atoms with van der Waals surface area (Å²) in [5.74, 6) is 0.500. The molecule has 0 aromatic carbocycles. The van der Waals surface area contributed by atoms with E-state index in [0.29, 0.717) is 12.0 Å². The number of piperidine rings is 1. The van der Waals surface area contributed by atoms with Crippen molar-refractivity contribution in [2.75, 3.05) is 0 Å². The van der Waals surface area contributed by atoms with Gasteiger partial charge < -0.3 is 10.4 Å². The fraction of sp³-hybridized carbons (Fsp3) is 1.00. The van der Waals surface area contributed by atoms with Gasteiger partial charge in [-0.25, -0.2) is 0 Å². The van der Waals surface area contributed by atoms with Crippen molar-refractivity contribution in [3.63, 3.8) is 0 Å². The van der Waals surface area contributed by atoms with Gasteiger partial charge in [-0.2, -0.15) is 0 Å². The lowest BCUT2D eigenvalue weighted by Gasteiger charge is -2.52.